The Kier molecular flexibility index (Phi) is 4.12. The number of aromatic nitrogens is 1. The predicted molar refractivity (Wildman–Crippen MR) is 88.4 cm³/mol. The molecule has 4 nitrogen and oxygen atoms in total. The molecule has 1 aliphatic heterocycles. The van der Waals surface area contributed by atoms with Crippen molar-refractivity contribution in [2.24, 2.45) is 5.41 Å². The van der Waals surface area contributed by atoms with E-state index in [2.05, 4.69) is 35.2 Å². The molecule has 22 heavy (non-hydrogen) atoms. The largest absolute Gasteiger partial charge is 0.352 e. The molecule has 116 valence electrons. The van der Waals surface area contributed by atoms with Gasteiger partial charge in [0.25, 0.3) is 0 Å². The number of piperidine rings is 1. The van der Waals surface area contributed by atoms with Crippen LogP contribution in [0.2, 0.25) is 0 Å². The minimum Gasteiger partial charge on any atom is -0.352 e. The lowest BCUT2D eigenvalue weighted by molar-refractivity contribution is -0.132. The second kappa shape index (κ2) is 6.05. The first-order chi connectivity index (χ1) is 10.6. The molecule has 1 fully saturated rings. The lowest BCUT2D eigenvalue weighted by Crippen LogP contribution is -2.46. The summed E-state index contributed by atoms with van der Waals surface area (Å²) in [5, 5.41) is 4.22. The molecular weight excluding hydrogens is 274 g/mol. The molecule has 1 amide bonds. The number of amides is 1. The maximum absolute atomic E-state index is 12.5. The highest BCUT2D eigenvalue weighted by Gasteiger charge is 2.35. The van der Waals surface area contributed by atoms with Gasteiger partial charge in [-0.15, -0.1) is 0 Å². The van der Waals surface area contributed by atoms with Gasteiger partial charge in [0.2, 0.25) is 5.91 Å². The second-order valence-electron chi connectivity index (χ2n) is 6.58. The Morgan fingerprint density at radius 3 is 2.86 bits per heavy atom. The second-order valence-corrected chi connectivity index (χ2v) is 6.58. The average Bonchev–Trinajstić information content (AvgIpc) is 2.55. The van der Waals surface area contributed by atoms with Crippen molar-refractivity contribution < 1.29 is 4.79 Å². The van der Waals surface area contributed by atoms with Crippen molar-refractivity contribution in [2.75, 3.05) is 20.1 Å². The van der Waals surface area contributed by atoms with Gasteiger partial charge in [0.05, 0.1) is 5.52 Å². The number of hydrogen-bond donors (Lipinski definition) is 1. The van der Waals surface area contributed by atoms with Crippen LogP contribution in [0.3, 0.4) is 0 Å². The van der Waals surface area contributed by atoms with Crippen LogP contribution in [0.25, 0.3) is 10.9 Å². The third kappa shape index (κ3) is 3.12. The Morgan fingerprint density at radius 2 is 2.09 bits per heavy atom. The van der Waals surface area contributed by atoms with E-state index in [1.807, 2.05) is 24.3 Å². The molecule has 1 N–H and O–H groups in total. The van der Waals surface area contributed by atoms with E-state index in [0.717, 1.165) is 42.4 Å². The highest BCUT2D eigenvalue weighted by Crippen LogP contribution is 2.30. The Balaban J connectivity index is 1.64. The topological polar surface area (TPSA) is 45.2 Å². The normalized spacial score (nSPS) is 18.3. The molecule has 2 heterocycles. The fourth-order valence-electron chi connectivity index (χ4n) is 2.97. The van der Waals surface area contributed by atoms with Crippen LogP contribution >= 0.6 is 0 Å². The Bertz CT molecular complexity index is 675. The van der Waals surface area contributed by atoms with E-state index in [9.17, 15) is 4.79 Å². The molecule has 3 rings (SSSR count). The van der Waals surface area contributed by atoms with Gasteiger partial charge < -0.3 is 10.2 Å². The zero-order valence-corrected chi connectivity index (χ0v) is 13.3. The number of benzene rings is 1. The molecule has 1 saturated heterocycles. The number of likely N-dealkylation sites (tertiary alicyclic amines) is 1. The van der Waals surface area contributed by atoms with Crippen molar-refractivity contribution in [1.82, 2.24) is 15.2 Å². The summed E-state index contributed by atoms with van der Waals surface area (Å²) in [4.78, 5) is 19.1. The summed E-state index contributed by atoms with van der Waals surface area (Å²) in [6.07, 6.45) is 3.65. The van der Waals surface area contributed by atoms with Crippen LogP contribution in [0.5, 0.6) is 0 Å². The van der Waals surface area contributed by atoms with Crippen LogP contribution in [0.15, 0.2) is 36.5 Å². The summed E-state index contributed by atoms with van der Waals surface area (Å²) < 4.78 is 0. The van der Waals surface area contributed by atoms with E-state index in [-0.39, 0.29) is 11.3 Å². The maximum Gasteiger partial charge on any atom is 0.226 e. The molecule has 0 unspecified atom stereocenters. The highest BCUT2D eigenvalue weighted by molar-refractivity contribution is 5.83. The summed E-state index contributed by atoms with van der Waals surface area (Å²) in [6.45, 7) is 4.64. The molecular formula is C18H23N3O. The van der Waals surface area contributed by atoms with Gasteiger partial charge in [-0.05, 0) is 56.7 Å². The van der Waals surface area contributed by atoms with Crippen LogP contribution in [0.1, 0.15) is 25.3 Å². The Morgan fingerprint density at radius 1 is 1.32 bits per heavy atom. The fraction of sp³-hybridized carbons (Fsp3) is 0.444. The maximum atomic E-state index is 12.5. The third-order valence-electron chi connectivity index (χ3n) is 4.76. The number of nitrogens with one attached hydrogen (secondary N) is 1. The van der Waals surface area contributed by atoms with Crippen LogP contribution in [0, 0.1) is 5.41 Å². The van der Waals surface area contributed by atoms with Crippen LogP contribution in [0.4, 0.5) is 0 Å². The van der Waals surface area contributed by atoms with Gasteiger partial charge in [-0.2, -0.15) is 0 Å². The number of carbonyl (C=O) groups excluding carboxylic acids is 1. The molecule has 0 spiro atoms. The summed E-state index contributed by atoms with van der Waals surface area (Å²) in [6, 6.07) is 10.1. The van der Waals surface area contributed by atoms with Crippen molar-refractivity contribution in [3.63, 3.8) is 0 Å². The van der Waals surface area contributed by atoms with Crippen molar-refractivity contribution in [2.45, 2.75) is 26.3 Å². The van der Waals surface area contributed by atoms with E-state index < -0.39 is 0 Å². The number of carbonyl (C=O) groups is 1. The highest BCUT2D eigenvalue weighted by atomic mass is 16.2. The van der Waals surface area contributed by atoms with Gasteiger partial charge in [0, 0.05) is 23.5 Å². The quantitative estimate of drug-likeness (QED) is 0.947. The number of rotatable bonds is 3. The molecule has 1 aromatic heterocycles. The summed E-state index contributed by atoms with van der Waals surface area (Å²) in [5.74, 6) is 0.173. The first-order valence-corrected chi connectivity index (χ1v) is 7.87. The van der Waals surface area contributed by atoms with Crippen molar-refractivity contribution in [1.29, 1.82) is 0 Å². The number of pyridine rings is 1. The minimum absolute atomic E-state index is 0.173. The standard InChI is InChI=1S/C18H23N3O/c1-18(7-10-21(2)11-8-18)17(22)20-13-14-5-6-16-15(12-14)4-3-9-19-16/h3-6,9,12H,7-8,10-11,13H2,1-2H3,(H,20,22). The number of nitrogens with zero attached hydrogens (tertiary/aromatic N) is 2. The molecule has 2 aromatic rings. The first-order valence-electron chi connectivity index (χ1n) is 7.87. The molecule has 1 aliphatic rings. The van der Waals surface area contributed by atoms with E-state index in [1.54, 1.807) is 6.20 Å². The summed E-state index contributed by atoms with van der Waals surface area (Å²) >= 11 is 0. The summed E-state index contributed by atoms with van der Waals surface area (Å²) in [7, 11) is 2.11. The monoisotopic (exact) mass is 297 g/mol. The van der Waals surface area contributed by atoms with Gasteiger partial charge in [0.15, 0.2) is 0 Å². The van der Waals surface area contributed by atoms with Crippen molar-refractivity contribution >= 4 is 16.8 Å². The molecule has 0 atom stereocenters. The van der Waals surface area contributed by atoms with E-state index >= 15 is 0 Å². The lowest BCUT2D eigenvalue weighted by Gasteiger charge is -2.36. The molecule has 4 heteroatoms. The van der Waals surface area contributed by atoms with E-state index in [0.29, 0.717) is 6.54 Å². The van der Waals surface area contributed by atoms with Crippen molar-refractivity contribution in [3.8, 4) is 0 Å². The number of hydrogen-bond acceptors (Lipinski definition) is 3. The van der Waals surface area contributed by atoms with Gasteiger partial charge in [-0.25, -0.2) is 0 Å². The van der Waals surface area contributed by atoms with Gasteiger partial charge >= 0.3 is 0 Å². The van der Waals surface area contributed by atoms with E-state index in [1.165, 1.54) is 0 Å². The zero-order chi connectivity index (χ0) is 15.6. The van der Waals surface area contributed by atoms with E-state index in [4.69, 9.17) is 0 Å². The molecule has 0 saturated carbocycles. The van der Waals surface area contributed by atoms with Crippen LogP contribution in [-0.4, -0.2) is 35.9 Å². The fourth-order valence-corrected chi connectivity index (χ4v) is 2.97. The number of fused-ring (bicyclic) bond motifs is 1. The smallest absolute Gasteiger partial charge is 0.226 e. The van der Waals surface area contributed by atoms with Crippen LogP contribution in [-0.2, 0) is 11.3 Å². The third-order valence-corrected chi connectivity index (χ3v) is 4.76. The van der Waals surface area contributed by atoms with Crippen molar-refractivity contribution in [3.05, 3.63) is 42.1 Å². The van der Waals surface area contributed by atoms with Gasteiger partial charge in [0.1, 0.15) is 0 Å². The minimum atomic E-state index is -0.231. The molecule has 0 bridgehead atoms. The average molecular weight is 297 g/mol. The lowest BCUT2D eigenvalue weighted by atomic mass is 9.79. The van der Waals surface area contributed by atoms with Gasteiger partial charge in [-0.1, -0.05) is 19.1 Å². The predicted octanol–water partition coefficient (Wildman–Crippen LogP) is 2.58. The molecule has 1 aromatic carbocycles. The first kappa shape index (κ1) is 15.0. The van der Waals surface area contributed by atoms with Crippen LogP contribution < -0.4 is 5.32 Å². The van der Waals surface area contributed by atoms with Gasteiger partial charge in [-0.3, -0.25) is 9.78 Å². The molecule has 0 aliphatic carbocycles. The SMILES string of the molecule is CN1CCC(C)(C(=O)NCc2ccc3ncccc3c2)CC1. The Hall–Kier alpha value is -1.94. The summed E-state index contributed by atoms with van der Waals surface area (Å²) in [5.41, 5.74) is 1.87. The molecule has 0 radical (unpaired) electrons. The Labute approximate surface area is 131 Å². The zero-order valence-electron chi connectivity index (χ0n) is 13.3.